The molecule has 1 aliphatic rings. The van der Waals surface area contributed by atoms with Crippen molar-refractivity contribution in [3.05, 3.63) is 87.0 Å². The number of nitro groups is 1. The summed E-state index contributed by atoms with van der Waals surface area (Å²) in [5, 5.41) is 16.9. The number of hydrazone groups is 1. The molecule has 138 valence electrons. The van der Waals surface area contributed by atoms with Crippen LogP contribution in [-0.2, 0) is 6.42 Å². The van der Waals surface area contributed by atoms with E-state index in [-0.39, 0.29) is 11.3 Å². The summed E-state index contributed by atoms with van der Waals surface area (Å²) >= 11 is 0. The molecule has 0 N–H and O–H groups in total. The molecule has 7 heteroatoms. The molecule has 1 aliphatic heterocycles. The van der Waals surface area contributed by atoms with Gasteiger partial charge in [0.05, 0.1) is 22.3 Å². The van der Waals surface area contributed by atoms with Gasteiger partial charge in [-0.1, -0.05) is 43.3 Å². The monoisotopic (exact) mass is 373 g/mol. The number of hydrogen-bond acceptors (Lipinski definition) is 5. The molecular formula is C21H15N3O4. The van der Waals surface area contributed by atoms with E-state index in [1.165, 1.54) is 18.3 Å². The van der Waals surface area contributed by atoms with E-state index in [1.807, 2.05) is 31.2 Å². The van der Waals surface area contributed by atoms with Crippen LogP contribution in [0.25, 0.3) is 10.8 Å². The molecule has 0 unspecified atom stereocenters. The molecular weight excluding hydrogens is 358 g/mol. The van der Waals surface area contributed by atoms with Gasteiger partial charge < -0.3 is 0 Å². The summed E-state index contributed by atoms with van der Waals surface area (Å²) in [5.74, 6) is -1.24. The van der Waals surface area contributed by atoms with E-state index < -0.39 is 16.7 Å². The van der Waals surface area contributed by atoms with E-state index in [0.29, 0.717) is 16.3 Å². The Kier molecular flexibility index (Phi) is 4.19. The average molecular weight is 373 g/mol. The number of hydrogen-bond donors (Lipinski definition) is 0. The molecule has 3 aromatic rings. The maximum absolute atomic E-state index is 12.9. The molecule has 1 heterocycles. The van der Waals surface area contributed by atoms with Crippen LogP contribution in [0.4, 0.5) is 5.69 Å². The highest BCUT2D eigenvalue weighted by Gasteiger charge is 2.34. The Morgan fingerprint density at radius 3 is 2.43 bits per heavy atom. The molecule has 0 saturated carbocycles. The van der Waals surface area contributed by atoms with Crippen molar-refractivity contribution in [1.82, 2.24) is 5.01 Å². The summed E-state index contributed by atoms with van der Waals surface area (Å²) in [6.45, 7) is 2.05. The minimum Gasteiger partial charge on any atom is -0.267 e. The number of non-ortho nitro benzene ring substituents is 1. The number of aryl methyl sites for hydroxylation is 1. The molecule has 4 rings (SSSR count). The predicted octanol–water partition coefficient (Wildman–Crippen LogP) is 3.94. The van der Waals surface area contributed by atoms with Crippen LogP contribution in [0.5, 0.6) is 0 Å². The van der Waals surface area contributed by atoms with Crippen LogP contribution >= 0.6 is 0 Å². The third-order valence-electron chi connectivity index (χ3n) is 4.73. The van der Waals surface area contributed by atoms with Gasteiger partial charge in [0, 0.05) is 17.5 Å². The Balaban J connectivity index is 1.78. The Labute approximate surface area is 160 Å². The molecule has 0 fully saturated rings. The average Bonchev–Trinajstić information content (AvgIpc) is 2.71. The zero-order valence-electron chi connectivity index (χ0n) is 15.0. The van der Waals surface area contributed by atoms with Gasteiger partial charge in [-0.05, 0) is 29.0 Å². The van der Waals surface area contributed by atoms with Crippen LogP contribution in [0, 0.1) is 10.1 Å². The highest BCUT2D eigenvalue weighted by molar-refractivity contribution is 6.25. The normalized spacial score (nSPS) is 13.5. The Hall–Kier alpha value is -3.87. The molecule has 28 heavy (non-hydrogen) atoms. The first kappa shape index (κ1) is 17.5. The van der Waals surface area contributed by atoms with Gasteiger partial charge in [-0.15, -0.1) is 0 Å². The summed E-state index contributed by atoms with van der Waals surface area (Å²) in [7, 11) is 0. The molecule has 2 amide bonds. The largest absolute Gasteiger partial charge is 0.282 e. The Bertz CT molecular complexity index is 1170. The number of nitro benzene ring substituents is 1. The number of rotatable bonds is 4. The predicted molar refractivity (Wildman–Crippen MR) is 105 cm³/mol. The van der Waals surface area contributed by atoms with Crippen molar-refractivity contribution < 1.29 is 14.5 Å². The summed E-state index contributed by atoms with van der Waals surface area (Å²) in [6.07, 6.45) is 2.33. The van der Waals surface area contributed by atoms with Gasteiger partial charge in [0.15, 0.2) is 0 Å². The second kappa shape index (κ2) is 6.70. The van der Waals surface area contributed by atoms with Gasteiger partial charge in [-0.25, -0.2) is 0 Å². The summed E-state index contributed by atoms with van der Waals surface area (Å²) in [6, 6.07) is 15.0. The maximum atomic E-state index is 12.9. The summed E-state index contributed by atoms with van der Waals surface area (Å²) in [5.41, 5.74) is 2.08. The molecule has 0 bridgehead atoms. The number of imide groups is 1. The second-order valence-corrected chi connectivity index (χ2v) is 6.42. The van der Waals surface area contributed by atoms with Gasteiger partial charge in [0.1, 0.15) is 0 Å². The van der Waals surface area contributed by atoms with E-state index in [9.17, 15) is 19.7 Å². The van der Waals surface area contributed by atoms with E-state index in [2.05, 4.69) is 5.10 Å². The van der Waals surface area contributed by atoms with Crippen molar-refractivity contribution in [2.75, 3.05) is 0 Å². The van der Waals surface area contributed by atoms with Crippen molar-refractivity contribution in [2.45, 2.75) is 13.3 Å². The van der Waals surface area contributed by atoms with E-state index in [0.717, 1.165) is 22.6 Å². The van der Waals surface area contributed by atoms with Crippen LogP contribution in [0.15, 0.2) is 59.7 Å². The molecule has 0 radical (unpaired) electrons. The first-order chi connectivity index (χ1) is 13.5. The fourth-order valence-corrected chi connectivity index (χ4v) is 3.25. The van der Waals surface area contributed by atoms with E-state index >= 15 is 0 Å². The van der Waals surface area contributed by atoms with E-state index in [1.54, 1.807) is 18.2 Å². The smallest absolute Gasteiger partial charge is 0.267 e. The van der Waals surface area contributed by atoms with Gasteiger partial charge in [0.25, 0.3) is 17.5 Å². The number of carbonyl (C=O) groups is 2. The van der Waals surface area contributed by atoms with E-state index in [4.69, 9.17) is 0 Å². The first-order valence-corrected chi connectivity index (χ1v) is 8.72. The highest BCUT2D eigenvalue weighted by atomic mass is 16.6. The van der Waals surface area contributed by atoms with Crippen LogP contribution < -0.4 is 0 Å². The number of nitrogens with zero attached hydrogens (tertiary/aromatic N) is 3. The minimum absolute atomic E-state index is 0.0953. The van der Waals surface area contributed by atoms with Gasteiger partial charge in [-0.2, -0.15) is 10.1 Å². The summed E-state index contributed by atoms with van der Waals surface area (Å²) < 4.78 is 0. The van der Waals surface area contributed by atoms with Crippen LogP contribution in [-0.4, -0.2) is 28.0 Å². The number of benzene rings is 3. The zero-order valence-corrected chi connectivity index (χ0v) is 15.0. The van der Waals surface area contributed by atoms with Gasteiger partial charge in [-0.3, -0.25) is 19.7 Å². The molecule has 0 spiro atoms. The second-order valence-electron chi connectivity index (χ2n) is 6.42. The van der Waals surface area contributed by atoms with Crippen LogP contribution in [0.3, 0.4) is 0 Å². The molecule has 7 nitrogen and oxygen atoms in total. The molecule has 3 aromatic carbocycles. The van der Waals surface area contributed by atoms with Crippen molar-refractivity contribution in [3.63, 3.8) is 0 Å². The zero-order chi connectivity index (χ0) is 19.8. The third-order valence-corrected chi connectivity index (χ3v) is 4.73. The van der Waals surface area contributed by atoms with Crippen molar-refractivity contribution in [2.24, 2.45) is 5.10 Å². The van der Waals surface area contributed by atoms with Crippen molar-refractivity contribution in [3.8, 4) is 0 Å². The lowest BCUT2D eigenvalue weighted by molar-refractivity contribution is -0.384. The summed E-state index contributed by atoms with van der Waals surface area (Å²) in [4.78, 5) is 36.3. The first-order valence-electron chi connectivity index (χ1n) is 8.72. The Morgan fingerprint density at radius 1 is 1.04 bits per heavy atom. The molecule has 0 saturated heterocycles. The molecule has 0 aliphatic carbocycles. The minimum atomic E-state index is -0.682. The highest BCUT2D eigenvalue weighted by Crippen LogP contribution is 2.33. The molecule has 0 aromatic heterocycles. The Morgan fingerprint density at radius 2 is 1.75 bits per heavy atom. The third kappa shape index (κ3) is 2.83. The SMILES string of the molecule is CCc1ccc(C=NN2C(=O)c3cccc4cc([N+](=O)[O-])cc(c34)C2=O)cc1. The lowest BCUT2D eigenvalue weighted by Crippen LogP contribution is -2.36. The van der Waals surface area contributed by atoms with Crippen LogP contribution in [0.1, 0.15) is 38.8 Å². The number of carbonyl (C=O) groups excluding carboxylic acids is 2. The lowest BCUT2D eigenvalue weighted by atomic mass is 9.94. The topological polar surface area (TPSA) is 92.9 Å². The quantitative estimate of drug-likeness (QED) is 0.300. The number of amides is 2. The fourth-order valence-electron chi connectivity index (χ4n) is 3.25. The van der Waals surface area contributed by atoms with Gasteiger partial charge >= 0.3 is 0 Å². The van der Waals surface area contributed by atoms with Crippen molar-refractivity contribution in [1.29, 1.82) is 0 Å². The van der Waals surface area contributed by atoms with Crippen molar-refractivity contribution >= 4 is 34.5 Å². The lowest BCUT2D eigenvalue weighted by Gasteiger charge is -2.22. The fraction of sp³-hybridized carbons (Fsp3) is 0.0952. The maximum Gasteiger partial charge on any atom is 0.282 e. The van der Waals surface area contributed by atoms with Crippen LogP contribution in [0.2, 0.25) is 0 Å². The molecule has 0 atom stereocenters. The standard InChI is InChI=1S/C21H15N3O4/c1-2-13-6-8-14(9-7-13)12-22-23-20(25)17-5-3-4-15-10-16(24(27)28)11-18(19(15)17)21(23)26/h3-12H,2H2,1H3. The van der Waals surface area contributed by atoms with Gasteiger partial charge in [0.2, 0.25) is 0 Å².